The number of para-hydroxylation sites is 1. The number of allylic oxidation sites excluding steroid dienone is 6. The zero-order valence-electron chi connectivity index (χ0n) is 27.3. The average molecular weight is 603 g/mol. The van der Waals surface area contributed by atoms with E-state index in [0.717, 1.165) is 31.6 Å². The molecule has 46 heavy (non-hydrogen) atoms. The highest BCUT2D eigenvalue weighted by atomic mass is 15.0. The summed E-state index contributed by atoms with van der Waals surface area (Å²) in [6.45, 7) is 13.1. The topological polar surface area (TPSA) is 10.8 Å². The van der Waals surface area contributed by atoms with E-state index in [0.29, 0.717) is 5.92 Å². The molecule has 0 N–H and O–H groups in total. The maximum atomic E-state index is 3.87. The first kappa shape index (κ1) is 30.9. The highest BCUT2D eigenvalue weighted by Crippen LogP contribution is 2.29. The van der Waals surface area contributed by atoms with Crippen LogP contribution in [-0.4, -0.2) is 17.3 Å². The Morgan fingerprint density at radius 2 is 1.46 bits per heavy atom. The van der Waals surface area contributed by atoms with Crippen LogP contribution < -0.4 is 9.13 Å². The number of fused-ring (bicyclic) bond motifs is 1. The third kappa shape index (κ3) is 6.89. The molecule has 2 aromatic heterocycles. The zero-order chi connectivity index (χ0) is 31.9. The van der Waals surface area contributed by atoms with Gasteiger partial charge >= 0.3 is 0 Å². The minimum atomic E-state index is 0.504. The van der Waals surface area contributed by atoms with Crippen molar-refractivity contribution < 1.29 is 13.7 Å². The quantitative estimate of drug-likeness (QED) is 0.112. The summed E-state index contributed by atoms with van der Waals surface area (Å²) in [5, 5.41) is 2.62. The molecule has 0 saturated carbocycles. The first-order valence-electron chi connectivity index (χ1n) is 16.4. The van der Waals surface area contributed by atoms with Gasteiger partial charge in [-0.1, -0.05) is 99.3 Å². The van der Waals surface area contributed by atoms with Gasteiger partial charge in [-0.3, -0.25) is 0 Å². The fourth-order valence-electron chi connectivity index (χ4n) is 6.50. The van der Waals surface area contributed by atoms with Crippen molar-refractivity contribution in [1.29, 1.82) is 0 Å². The Hall–Kier alpha value is -5.15. The van der Waals surface area contributed by atoms with Gasteiger partial charge in [0.15, 0.2) is 50.6 Å². The second-order valence-electron chi connectivity index (χ2n) is 12.3. The van der Waals surface area contributed by atoms with Crippen LogP contribution in [0.25, 0.3) is 21.9 Å². The van der Waals surface area contributed by atoms with Crippen LogP contribution in [0, 0.1) is 0 Å². The zero-order valence-corrected chi connectivity index (χ0v) is 27.3. The van der Waals surface area contributed by atoms with Crippen molar-refractivity contribution in [1.82, 2.24) is 0 Å². The molecule has 0 aliphatic carbocycles. The number of rotatable bonds is 10. The summed E-state index contributed by atoms with van der Waals surface area (Å²) in [5.74, 6) is 0.504. The molecular weight excluding hydrogens is 558 g/mol. The average Bonchev–Trinajstić information content (AvgIpc) is 3.09. The first-order chi connectivity index (χ1) is 22.5. The van der Waals surface area contributed by atoms with Crippen LogP contribution in [0.15, 0.2) is 147 Å². The predicted molar refractivity (Wildman–Crippen MR) is 192 cm³/mol. The Morgan fingerprint density at radius 1 is 0.804 bits per heavy atom. The first-order valence-corrected chi connectivity index (χ1v) is 16.4. The number of aromatic nitrogens is 2. The lowest BCUT2D eigenvalue weighted by Gasteiger charge is -2.14. The second kappa shape index (κ2) is 14.3. The summed E-state index contributed by atoms with van der Waals surface area (Å²) in [6.07, 6.45) is 22.4. The Bertz CT molecular complexity index is 1960. The molecule has 0 amide bonds. The second-order valence-corrected chi connectivity index (χ2v) is 12.3. The van der Waals surface area contributed by atoms with E-state index in [4.69, 9.17) is 0 Å². The largest absolute Gasteiger partial charge is 0.208 e. The molecule has 3 heterocycles. The number of hydrogen-bond acceptors (Lipinski definition) is 0. The number of nitrogens with zero attached hydrogens (tertiary/aromatic N) is 3. The monoisotopic (exact) mass is 602 g/mol. The maximum absolute atomic E-state index is 3.87. The summed E-state index contributed by atoms with van der Waals surface area (Å²) in [6, 6.07) is 31.0. The normalized spacial score (nSPS) is 13.7. The van der Waals surface area contributed by atoms with Gasteiger partial charge in [-0.05, 0) is 40.5 Å². The van der Waals surface area contributed by atoms with Crippen LogP contribution in [0.2, 0.25) is 0 Å². The summed E-state index contributed by atoms with van der Waals surface area (Å²) < 4.78 is 6.95. The third-order valence-electron chi connectivity index (χ3n) is 8.86. The molecule has 0 fully saturated rings. The lowest BCUT2D eigenvalue weighted by Crippen LogP contribution is -2.34. The van der Waals surface area contributed by atoms with E-state index in [2.05, 4.69) is 168 Å². The molecule has 0 saturated heterocycles. The molecule has 228 valence electrons. The van der Waals surface area contributed by atoms with Crippen molar-refractivity contribution >= 4 is 33.8 Å². The van der Waals surface area contributed by atoms with Gasteiger partial charge in [0.05, 0.1) is 0 Å². The van der Waals surface area contributed by atoms with Crippen LogP contribution in [0.3, 0.4) is 0 Å². The van der Waals surface area contributed by atoms with Crippen LogP contribution in [-0.2, 0) is 13.1 Å². The molecule has 0 bridgehead atoms. The fourth-order valence-corrected chi connectivity index (χ4v) is 6.50. The molecule has 0 radical (unpaired) electrons. The van der Waals surface area contributed by atoms with E-state index in [1.807, 2.05) is 19.1 Å². The smallest absolute Gasteiger partial charge is 0.201 e. The maximum Gasteiger partial charge on any atom is 0.208 e. The van der Waals surface area contributed by atoms with Gasteiger partial charge in [0, 0.05) is 64.9 Å². The lowest BCUT2D eigenvalue weighted by molar-refractivity contribution is -0.689. The molecule has 6 rings (SSSR count). The van der Waals surface area contributed by atoms with Crippen LogP contribution in [0.1, 0.15) is 60.9 Å². The SMILES string of the molecule is C=C/C=C(\C=C/C)c1cc[n+](Cc2cccc3cccc(C[n+]4ccc(C5=CC=[N+](c6ccccc6C(C)C)CC5)cc4)c23)cc1. The highest BCUT2D eigenvalue weighted by molar-refractivity contribution is 5.89. The Kier molecular flexibility index (Phi) is 9.59. The van der Waals surface area contributed by atoms with Gasteiger partial charge in [-0.25, -0.2) is 9.13 Å². The summed E-state index contributed by atoms with van der Waals surface area (Å²) >= 11 is 0. The van der Waals surface area contributed by atoms with Gasteiger partial charge < -0.3 is 0 Å². The van der Waals surface area contributed by atoms with Crippen molar-refractivity contribution in [3.05, 3.63) is 174 Å². The third-order valence-corrected chi connectivity index (χ3v) is 8.86. The lowest BCUT2D eigenvalue weighted by atomic mass is 9.98. The van der Waals surface area contributed by atoms with Gasteiger partial charge in [-0.2, -0.15) is 4.58 Å². The Balaban J connectivity index is 1.21. The number of hydrogen-bond donors (Lipinski definition) is 0. The molecule has 1 aliphatic rings. The van der Waals surface area contributed by atoms with Crippen molar-refractivity contribution in [2.24, 2.45) is 0 Å². The molecule has 3 nitrogen and oxygen atoms in total. The molecule has 3 aromatic carbocycles. The van der Waals surface area contributed by atoms with Gasteiger partial charge in [0.2, 0.25) is 5.69 Å². The summed E-state index contributed by atoms with van der Waals surface area (Å²) in [5.41, 5.74) is 10.4. The number of benzene rings is 3. The Morgan fingerprint density at radius 3 is 2.04 bits per heavy atom. The molecule has 1 aliphatic heterocycles. The fraction of sp³-hybridized carbons (Fsp3) is 0.186. The van der Waals surface area contributed by atoms with Gasteiger partial charge in [-0.15, -0.1) is 0 Å². The van der Waals surface area contributed by atoms with Crippen molar-refractivity contribution in [3.8, 4) is 0 Å². The van der Waals surface area contributed by atoms with E-state index >= 15 is 0 Å². The van der Waals surface area contributed by atoms with Crippen molar-refractivity contribution in [2.75, 3.05) is 6.54 Å². The highest BCUT2D eigenvalue weighted by Gasteiger charge is 2.21. The Labute approximate surface area is 274 Å². The minimum Gasteiger partial charge on any atom is -0.201 e. The predicted octanol–water partition coefficient (Wildman–Crippen LogP) is 8.98. The minimum absolute atomic E-state index is 0.504. The van der Waals surface area contributed by atoms with E-state index in [9.17, 15) is 0 Å². The van der Waals surface area contributed by atoms with Crippen molar-refractivity contribution in [3.63, 3.8) is 0 Å². The summed E-state index contributed by atoms with van der Waals surface area (Å²) in [4.78, 5) is 0. The summed E-state index contributed by atoms with van der Waals surface area (Å²) in [7, 11) is 0. The molecular formula is C43H44N3+3. The molecule has 0 unspecified atom stereocenters. The van der Waals surface area contributed by atoms with Crippen LogP contribution in [0.4, 0.5) is 5.69 Å². The van der Waals surface area contributed by atoms with Gasteiger partial charge in [0.1, 0.15) is 0 Å². The van der Waals surface area contributed by atoms with Crippen molar-refractivity contribution in [2.45, 2.75) is 46.2 Å². The van der Waals surface area contributed by atoms with Crippen LogP contribution in [0.5, 0.6) is 0 Å². The standard InChI is InChI=1S/C43H44N3/c1-5-11-34(12-6-2)35-19-25-44(26-20-35)31-39-15-9-13-38-14-10-16-40(43(38)39)32-45-27-21-36(22-28-45)37-23-29-46(30-24-37)42-18-8-7-17-41(42)33(3)4/h5-23,25-29,33H,1,24,30-32H2,2-4H3/q+3/b12-6-,34-11+. The molecule has 0 spiro atoms. The van der Waals surface area contributed by atoms with Gasteiger partial charge in [0.25, 0.3) is 0 Å². The van der Waals surface area contributed by atoms with E-state index in [1.54, 1.807) is 0 Å². The van der Waals surface area contributed by atoms with E-state index in [-0.39, 0.29) is 0 Å². The molecule has 0 atom stereocenters. The molecule has 3 heteroatoms. The molecule has 5 aromatic rings. The van der Waals surface area contributed by atoms with Crippen LogP contribution >= 0.6 is 0 Å². The van der Waals surface area contributed by atoms with E-state index < -0.39 is 0 Å². The van der Waals surface area contributed by atoms with E-state index in [1.165, 1.54) is 49.9 Å². The number of pyridine rings is 2.